The molecule has 1 aliphatic rings. The van der Waals surface area contributed by atoms with Crippen LogP contribution >= 0.6 is 0 Å². The van der Waals surface area contributed by atoms with E-state index in [0.717, 1.165) is 18.4 Å². The van der Waals surface area contributed by atoms with Gasteiger partial charge >= 0.3 is 6.09 Å². The van der Waals surface area contributed by atoms with Crippen molar-refractivity contribution in [3.63, 3.8) is 0 Å². The number of nitrogen functional groups attached to an aromatic ring is 1. The first-order valence-corrected chi connectivity index (χ1v) is 9.30. The summed E-state index contributed by atoms with van der Waals surface area (Å²) in [6, 6.07) is 14.5. The maximum absolute atomic E-state index is 12.3. The fourth-order valence-electron chi connectivity index (χ4n) is 2.85. The number of ether oxygens (including phenoxy) is 1. The summed E-state index contributed by atoms with van der Waals surface area (Å²) in [6.45, 7) is 1.89. The van der Waals surface area contributed by atoms with Gasteiger partial charge in [0.25, 0.3) is 5.91 Å². The molecule has 0 bridgehead atoms. The van der Waals surface area contributed by atoms with Crippen LogP contribution in [0.25, 0.3) is 5.69 Å². The number of aryl methyl sites for hydroxylation is 1. The highest BCUT2D eigenvalue weighted by Gasteiger charge is 2.24. The van der Waals surface area contributed by atoms with Gasteiger partial charge in [0.05, 0.1) is 11.9 Å². The van der Waals surface area contributed by atoms with Crippen LogP contribution in [0, 0.1) is 6.92 Å². The molecule has 0 aliphatic heterocycles. The second kappa shape index (κ2) is 7.67. The number of nitrogens with one attached hydrogen (secondary N) is 2. The highest BCUT2D eigenvalue weighted by Crippen LogP contribution is 2.27. The first kappa shape index (κ1) is 18.5. The van der Waals surface area contributed by atoms with Crippen molar-refractivity contribution in [2.75, 3.05) is 11.1 Å². The Kier molecular flexibility index (Phi) is 4.90. The summed E-state index contributed by atoms with van der Waals surface area (Å²) in [5.41, 5.74) is 8.81. The first-order chi connectivity index (χ1) is 14.0. The summed E-state index contributed by atoms with van der Waals surface area (Å²) < 4.78 is 6.74. The second-order valence-electron chi connectivity index (χ2n) is 6.94. The van der Waals surface area contributed by atoms with Crippen molar-refractivity contribution >= 4 is 23.5 Å². The molecule has 1 saturated carbocycles. The topological polar surface area (TPSA) is 111 Å². The van der Waals surface area contributed by atoms with E-state index in [1.165, 1.54) is 10.9 Å². The number of rotatable bonds is 5. The van der Waals surface area contributed by atoms with Gasteiger partial charge in [0, 0.05) is 17.3 Å². The van der Waals surface area contributed by atoms with Gasteiger partial charge < -0.3 is 15.8 Å². The molecular formula is C21H21N5O3. The second-order valence-corrected chi connectivity index (χ2v) is 6.94. The zero-order valence-electron chi connectivity index (χ0n) is 15.9. The van der Waals surface area contributed by atoms with Gasteiger partial charge in [-0.3, -0.25) is 10.1 Å². The van der Waals surface area contributed by atoms with E-state index in [1.807, 2.05) is 19.1 Å². The minimum atomic E-state index is -0.670. The molecule has 1 heterocycles. The van der Waals surface area contributed by atoms with Crippen LogP contribution < -0.4 is 21.1 Å². The number of benzene rings is 2. The summed E-state index contributed by atoms with van der Waals surface area (Å²) in [5, 5.41) is 9.81. The summed E-state index contributed by atoms with van der Waals surface area (Å²) in [7, 11) is 0. The number of hydrogen-bond acceptors (Lipinski definition) is 5. The van der Waals surface area contributed by atoms with Gasteiger partial charge in [-0.05, 0) is 49.6 Å². The lowest BCUT2D eigenvalue weighted by molar-refractivity contribution is 0.0951. The number of nitrogens with two attached hydrogens (primary N) is 1. The lowest BCUT2D eigenvalue weighted by Crippen LogP contribution is -2.25. The van der Waals surface area contributed by atoms with Gasteiger partial charge in [-0.2, -0.15) is 5.10 Å². The minimum Gasteiger partial charge on any atom is -0.404 e. The molecule has 8 heteroatoms. The molecule has 1 aliphatic carbocycles. The van der Waals surface area contributed by atoms with Gasteiger partial charge in [-0.1, -0.05) is 24.3 Å². The van der Waals surface area contributed by atoms with Crippen molar-refractivity contribution in [3.8, 4) is 11.4 Å². The Morgan fingerprint density at radius 2 is 1.93 bits per heavy atom. The zero-order valence-corrected chi connectivity index (χ0v) is 15.9. The summed E-state index contributed by atoms with van der Waals surface area (Å²) in [5.74, 6) is 0.167. The third-order valence-corrected chi connectivity index (χ3v) is 4.61. The molecule has 1 aromatic heterocycles. The van der Waals surface area contributed by atoms with E-state index in [2.05, 4.69) is 15.7 Å². The van der Waals surface area contributed by atoms with Gasteiger partial charge in [-0.25, -0.2) is 9.48 Å². The van der Waals surface area contributed by atoms with Gasteiger partial charge in [-0.15, -0.1) is 0 Å². The number of carbonyl (C=O) groups is 2. The van der Waals surface area contributed by atoms with E-state index >= 15 is 0 Å². The molecule has 29 heavy (non-hydrogen) atoms. The van der Waals surface area contributed by atoms with Crippen molar-refractivity contribution in [3.05, 3.63) is 65.9 Å². The van der Waals surface area contributed by atoms with Crippen molar-refractivity contribution in [2.24, 2.45) is 0 Å². The molecule has 0 atom stereocenters. The van der Waals surface area contributed by atoms with Crippen molar-refractivity contribution in [1.29, 1.82) is 0 Å². The molecule has 2 aromatic carbocycles. The highest BCUT2D eigenvalue weighted by molar-refractivity contribution is 5.95. The summed E-state index contributed by atoms with van der Waals surface area (Å²) >= 11 is 0. The molecule has 4 rings (SSSR count). The Morgan fingerprint density at radius 3 is 2.66 bits per heavy atom. The maximum atomic E-state index is 12.3. The smallest absolute Gasteiger partial charge is 0.404 e. The molecule has 1 fully saturated rings. The van der Waals surface area contributed by atoms with Crippen LogP contribution in [0.4, 0.5) is 16.3 Å². The highest BCUT2D eigenvalue weighted by atomic mass is 16.6. The number of anilines is 2. The number of amides is 2. The van der Waals surface area contributed by atoms with E-state index in [4.69, 9.17) is 10.5 Å². The van der Waals surface area contributed by atoms with Crippen LogP contribution in [0.2, 0.25) is 0 Å². The Bertz CT molecular complexity index is 1060. The van der Waals surface area contributed by atoms with Crippen molar-refractivity contribution < 1.29 is 14.3 Å². The standard InChI is InChI=1S/C21H21N5O3/c1-13-7-8-14(20(27)24-16-9-10-16)11-17(13)26-19(22)18(12-23-26)29-21(28)25-15-5-3-2-4-6-15/h2-8,11-12,16H,9-10,22H2,1H3,(H,24,27)(H,25,28). The average Bonchev–Trinajstić information content (AvgIpc) is 3.46. The Hall–Kier alpha value is -3.81. The number of hydrogen-bond donors (Lipinski definition) is 3. The fourth-order valence-corrected chi connectivity index (χ4v) is 2.85. The van der Waals surface area contributed by atoms with E-state index in [0.29, 0.717) is 16.9 Å². The summed E-state index contributed by atoms with van der Waals surface area (Å²) in [4.78, 5) is 24.5. The Balaban J connectivity index is 1.53. The number of para-hydroxylation sites is 1. The summed E-state index contributed by atoms with van der Waals surface area (Å²) in [6.07, 6.45) is 2.73. The van der Waals surface area contributed by atoms with E-state index < -0.39 is 6.09 Å². The molecular weight excluding hydrogens is 370 g/mol. The largest absolute Gasteiger partial charge is 0.417 e. The SMILES string of the molecule is Cc1ccc(C(=O)NC2CC2)cc1-n1ncc(OC(=O)Nc2ccccc2)c1N. The zero-order chi connectivity index (χ0) is 20.4. The van der Waals surface area contributed by atoms with Crippen LogP contribution in [-0.4, -0.2) is 27.8 Å². The molecule has 4 N–H and O–H groups in total. The molecule has 0 spiro atoms. The minimum absolute atomic E-state index is 0.127. The molecule has 148 valence electrons. The first-order valence-electron chi connectivity index (χ1n) is 9.30. The van der Waals surface area contributed by atoms with Gasteiger partial charge in [0.2, 0.25) is 0 Å². The third kappa shape index (κ3) is 4.21. The number of nitrogens with zero attached hydrogens (tertiary/aromatic N) is 2. The van der Waals surface area contributed by atoms with Crippen LogP contribution in [0.15, 0.2) is 54.7 Å². The molecule has 8 nitrogen and oxygen atoms in total. The fraction of sp³-hybridized carbons (Fsp3) is 0.190. The normalized spacial score (nSPS) is 13.0. The van der Waals surface area contributed by atoms with Crippen molar-refractivity contribution in [2.45, 2.75) is 25.8 Å². The number of carbonyl (C=O) groups excluding carboxylic acids is 2. The molecule has 0 unspecified atom stereocenters. The Labute approximate surface area is 167 Å². The number of aromatic nitrogens is 2. The van der Waals surface area contributed by atoms with Crippen LogP contribution in [0.1, 0.15) is 28.8 Å². The van der Waals surface area contributed by atoms with Crippen molar-refractivity contribution in [1.82, 2.24) is 15.1 Å². The quantitative estimate of drug-likeness (QED) is 0.618. The molecule has 3 aromatic rings. The van der Waals surface area contributed by atoms with E-state index in [-0.39, 0.29) is 23.5 Å². The monoisotopic (exact) mass is 391 g/mol. The predicted octanol–water partition coefficient (Wildman–Crippen LogP) is 3.27. The van der Waals surface area contributed by atoms with Gasteiger partial charge in [0.15, 0.2) is 11.6 Å². The predicted molar refractivity (Wildman–Crippen MR) is 109 cm³/mol. The Morgan fingerprint density at radius 1 is 1.17 bits per heavy atom. The average molecular weight is 391 g/mol. The molecule has 2 amide bonds. The third-order valence-electron chi connectivity index (χ3n) is 4.61. The van der Waals surface area contributed by atoms with Crippen LogP contribution in [0.3, 0.4) is 0 Å². The maximum Gasteiger partial charge on any atom is 0.417 e. The van der Waals surface area contributed by atoms with E-state index in [9.17, 15) is 9.59 Å². The molecule has 0 radical (unpaired) electrons. The molecule has 0 saturated heterocycles. The lowest BCUT2D eigenvalue weighted by atomic mass is 10.1. The lowest BCUT2D eigenvalue weighted by Gasteiger charge is -2.11. The van der Waals surface area contributed by atoms with Crippen LogP contribution in [0.5, 0.6) is 5.75 Å². The van der Waals surface area contributed by atoms with E-state index in [1.54, 1.807) is 36.4 Å². The van der Waals surface area contributed by atoms with Crippen LogP contribution in [-0.2, 0) is 0 Å². The van der Waals surface area contributed by atoms with Gasteiger partial charge in [0.1, 0.15) is 0 Å².